The van der Waals surface area contributed by atoms with E-state index in [0.29, 0.717) is 30.4 Å². The summed E-state index contributed by atoms with van der Waals surface area (Å²) < 4.78 is 35.8. The number of ether oxygens (including phenoxy) is 2. The minimum absolute atomic E-state index is 0. The van der Waals surface area contributed by atoms with E-state index in [1.165, 1.54) is 25.9 Å². The van der Waals surface area contributed by atoms with Gasteiger partial charge in [-0.15, -0.1) is 24.0 Å². The van der Waals surface area contributed by atoms with Crippen LogP contribution in [0.5, 0.6) is 11.5 Å². The Bertz CT molecular complexity index is 664. The molecule has 2 rings (SSSR count). The Morgan fingerprint density at radius 1 is 1.29 bits per heavy atom. The van der Waals surface area contributed by atoms with Crippen molar-refractivity contribution in [2.24, 2.45) is 10.9 Å². The molecule has 2 N–H and O–H groups in total. The van der Waals surface area contributed by atoms with Crippen molar-refractivity contribution in [1.82, 2.24) is 15.5 Å². The SMILES string of the molecule is CCOc1cccc(CNC(=NC)NCCCCN2CCCC(C)C2)c1OC(F)F.I. The molecule has 1 fully saturated rings. The maximum absolute atomic E-state index is 12.8. The predicted octanol–water partition coefficient (Wildman–Crippen LogP) is 4.48. The van der Waals surface area contributed by atoms with Gasteiger partial charge < -0.3 is 25.0 Å². The average molecular weight is 554 g/mol. The number of nitrogens with one attached hydrogen (secondary N) is 2. The van der Waals surface area contributed by atoms with Crippen LogP contribution >= 0.6 is 24.0 Å². The van der Waals surface area contributed by atoms with Crippen molar-refractivity contribution >= 4 is 29.9 Å². The van der Waals surface area contributed by atoms with E-state index in [1.54, 1.807) is 32.2 Å². The molecule has 6 nitrogen and oxygen atoms in total. The number of para-hydroxylation sites is 1. The van der Waals surface area contributed by atoms with Gasteiger partial charge in [0.25, 0.3) is 0 Å². The van der Waals surface area contributed by atoms with Gasteiger partial charge in [0.2, 0.25) is 0 Å². The topological polar surface area (TPSA) is 58.1 Å². The molecule has 31 heavy (non-hydrogen) atoms. The highest BCUT2D eigenvalue weighted by Gasteiger charge is 2.17. The number of nitrogens with zero attached hydrogens (tertiary/aromatic N) is 2. The highest BCUT2D eigenvalue weighted by Crippen LogP contribution is 2.32. The molecule has 1 saturated heterocycles. The van der Waals surface area contributed by atoms with Crippen LogP contribution in [-0.2, 0) is 6.54 Å². The van der Waals surface area contributed by atoms with E-state index >= 15 is 0 Å². The van der Waals surface area contributed by atoms with Crippen molar-refractivity contribution in [3.63, 3.8) is 0 Å². The van der Waals surface area contributed by atoms with Gasteiger partial charge >= 0.3 is 6.61 Å². The second-order valence-electron chi connectivity index (χ2n) is 7.66. The number of guanidine groups is 1. The first-order chi connectivity index (χ1) is 14.5. The van der Waals surface area contributed by atoms with Crippen molar-refractivity contribution in [3.05, 3.63) is 23.8 Å². The number of hydrogen-bond donors (Lipinski definition) is 2. The van der Waals surface area contributed by atoms with Gasteiger partial charge in [0.15, 0.2) is 17.5 Å². The maximum Gasteiger partial charge on any atom is 0.387 e. The summed E-state index contributed by atoms with van der Waals surface area (Å²) in [6.45, 7) is 6.25. The molecule has 0 saturated carbocycles. The number of benzene rings is 1. The van der Waals surface area contributed by atoms with Crippen LogP contribution in [-0.4, -0.2) is 57.3 Å². The standard InChI is InChI=1S/C22H36F2N4O2.HI/c1-4-29-19-11-7-10-18(20(19)30-21(23)24)15-27-22(25-3)26-12-5-6-13-28-14-8-9-17(2)16-28;/h7,10-11,17,21H,4-6,8-9,12-16H2,1-3H3,(H2,25,26,27);1H. The molecule has 1 heterocycles. The van der Waals surface area contributed by atoms with Crippen LogP contribution in [0.4, 0.5) is 8.78 Å². The zero-order valence-electron chi connectivity index (χ0n) is 18.8. The van der Waals surface area contributed by atoms with Crippen molar-refractivity contribution in [1.29, 1.82) is 0 Å². The molecule has 1 aliphatic rings. The highest BCUT2D eigenvalue weighted by atomic mass is 127. The summed E-state index contributed by atoms with van der Waals surface area (Å²) in [5, 5.41) is 6.45. The summed E-state index contributed by atoms with van der Waals surface area (Å²) in [7, 11) is 1.69. The number of piperidine rings is 1. The molecule has 0 bridgehead atoms. The van der Waals surface area contributed by atoms with Crippen molar-refractivity contribution in [3.8, 4) is 11.5 Å². The minimum Gasteiger partial charge on any atom is -0.490 e. The lowest BCUT2D eigenvalue weighted by Gasteiger charge is -2.30. The second-order valence-corrected chi connectivity index (χ2v) is 7.66. The summed E-state index contributed by atoms with van der Waals surface area (Å²) in [4.78, 5) is 6.77. The van der Waals surface area contributed by atoms with E-state index in [-0.39, 0.29) is 29.7 Å². The second kappa shape index (κ2) is 15.4. The molecule has 1 aromatic carbocycles. The quantitative estimate of drug-likeness (QED) is 0.183. The molecule has 0 spiro atoms. The van der Waals surface area contributed by atoms with Gasteiger partial charge in [-0.1, -0.05) is 19.1 Å². The van der Waals surface area contributed by atoms with E-state index in [9.17, 15) is 8.78 Å². The Morgan fingerprint density at radius 3 is 2.77 bits per heavy atom. The van der Waals surface area contributed by atoms with E-state index in [4.69, 9.17) is 9.47 Å². The van der Waals surface area contributed by atoms with Gasteiger partial charge in [-0.3, -0.25) is 4.99 Å². The Morgan fingerprint density at radius 2 is 2.10 bits per heavy atom. The Labute approximate surface area is 202 Å². The summed E-state index contributed by atoms with van der Waals surface area (Å²) in [6, 6.07) is 5.12. The molecular formula is C22H37F2IN4O2. The zero-order chi connectivity index (χ0) is 21.8. The minimum atomic E-state index is -2.91. The van der Waals surface area contributed by atoms with Crippen molar-refractivity contribution < 1.29 is 18.3 Å². The number of alkyl halides is 2. The predicted molar refractivity (Wildman–Crippen MR) is 132 cm³/mol. The highest BCUT2D eigenvalue weighted by molar-refractivity contribution is 14.0. The van der Waals surface area contributed by atoms with E-state index < -0.39 is 6.61 Å². The Kier molecular flexibility index (Phi) is 13.8. The van der Waals surface area contributed by atoms with Gasteiger partial charge in [0.05, 0.1) is 6.61 Å². The van der Waals surface area contributed by atoms with E-state index in [1.807, 2.05) is 0 Å². The molecule has 178 valence electrons. The summed E-state index contributed by atoms with van der Waals surface area (Å²) >= 11 is 0. The first-order valence-electron chi connectivity index (χ1n) is 10.9. The van der Waals surface area contributed by atoms with Gasteiger partial charge in [-0.2, -0.15) is 8.78 Å². The third kappa shape index (κ3) is 10.2. The van der Waals surface area contributed by atoms with Crippen LogP contribution in [0.3, 0.4) is 0 Å². The third-order valence-electron chi connectivity index (χ3n) is 5.17. The van der Waals surface area contributed by atoms with Crippen LogP contribution in [0.2, 0.25) is 0 Å². The Hall–Kier alpha value is -1.36. The first-order valence-corrected chi connectivity index (χ1v) is 10.9. The number of likely N-dealkylation sites (tertiary alicyclic amines) is 1. The summed E-state index contributed by atoms with van der Waals surface area (Å²) in [5.41, 5.74) is 0.586. The molecule has 0 aromatic heterocycles. The number of unbranched alkanes of at least 4 members (excludes halogenated alkanes) is 1. The summed E-state index contributed by atoms with van der Waals surface area (Å²) in [5.74, 6) is 1.81. The van der Waals surface area contributed by atoms with Crippen LogP contribution in [0.15, 0.2) is 23.2 Å². The molecule has 1 unspecified atom stereocenters. The lowest BCUT2D eigenvalue weighted by Crippen LogP contribution is -2.38. The fourth-order valence-electron chi connectivity index (χ4n) is 3.75. The summed E-state index contributed by atoms with van der Waals surface area (Å²) in [6.07, 6.45) is 4.83. The monoisotopic (exact) mass is 554 g/mol. The van der Waals surface area contributed by atoms with Crippen LogP contribution in [0.1, 0.15) is 45.1 Å². The van der Waals surface area contributed by atoms with Crippen LogP contribution in [0.25, 0.3) is 0 Å². The molecule has 1 aliphatic heterocycles. The largest absolute Gasteiger partial charge is 0.490 e. The number of aliphatic imine (C=N–C) groups is 1. The normalized spacial score (nSPS) is 17.2. The Balaban J connectivity index is 0.00000480. The van der Waals surface area contributed by atoms with Crippen molar-refractivity contribution in [2.75, 3.05) is 39.8 Å². The third-order valence-corrected chi connectivity index (χ3v) is 5.17. The zero-order valence-corrected chi connectivity index (χ0v) is 21.2. The van der Waals surface area contributed by atoms with Crippen LogP contribution in [0, 0.1) is 5.92 Å². The number of hydrogen-bond acceptors (Lipinski definition) is 4. The molecule has 0 amide bonds. The molecule has 1 atom stereocenters. The number of rotatable bonds is 11. The van der Waals surface area contributed by atoms with Crippen LogP contribution < -0.4 is 20.1 Å². The van der Waals surface area contributed by atoms with Gasteiger partial charge in [0, 0.05) is 32.2 Å². The average Bonchev–Trinajstić information content (AvgIpc) is 2.72. The van der Waals surface area contributed by atoms with E-state index in [2.05, 4.69) is 27.4 Å². The molecule has 0 aliphatic carbocycles. The fraction of sp³-hybridized carbons (Fsp3) is 0.682. The lowest BCUT2D eigenvalue weighted by atomic mass is 10.0. The molecule has 1 aromatic rings. The van der Waals surface area contributed by atoms with E-state index in [0.717, 1.165) is 31.8 Å². The molecule has 9 heteroatoms. The number of halogens is 3. The van der Waals surface area contributed by atoms with Gasteiger partial charge in [-0.25, -0.2) is 0 Å². The maximum atomic E-state index is 12.8. The lowest BCUT2D eigenvalue weighted by molar-refractivity contribution is -0.0520. The smallest absolute Gasteiger partial charge is 0.387 e. The van der Waals surface area contributed by atoms with Crippen molar-refractivity contribution in [2.45, 2.75) is 52.7 Å². The molecule has 0 radical (unpaired) electrons. The molecular weight excluding hydrogens is 517 g/mol. The van der Waals surface area contributed by atoms with Gasteiger partial charge in [-0.05, 0) is 57.7 Å². The fourth-order valence-corrected chi connectivity index (χ4v) is 3.75. The first kappa shape index (κ1) is 27.7. The van der Waals surface area contributed by atoms with Gasteiger partial charge in [0.1, 0.15) is 0 Å².